The van der Waals surface area contributed by atoms with Crippen LogP contribution in [0.5, 0.6) is 0 Å². The lowest BCUT2D eigenvalue weighted by Gasteiger charge is -2.20. The molecule has 1 aliphatic rings. The first-order chi connectivity index (χ1) is 16.0. The van der Waals surface area contributed by atoms with Crippen LogP contribution in [0.2, 0.25) is 0 Å². The largest absolute Gasteiger partial charge is 0.390 e. The summed E-state index contributed by atoms with van der Waals surface area (Å²) in [5.74, 6) is -0.175. The molecule has 3 aromatic carbocycles. The summed E-state index contributed by atoms with van der Waals surface area (Å²) in [6, 6.07) is 23.6. The first-order valence-corrected chi connectivity index (χ1v) is 11.6. The van der Waals surface area contributed by atoms with Crippen LogP contribution in [0.25, 0.3) is 11.1 Å². The maximum absolute atomic E-state index is 13.0. The fourth-order valence-electron chi connectivity index (χ4n) is 4.37. The van der Waals surface area contributed by atoms with Gasteiger partial charge in [-0.1, -0.05) is 60.7 Å². The third-order valence-corrected chi connectivity index (χ3v) is 6.17. The van der Waals surface area contributed by atoms with Crippen LogP contribution in [0.1, 0.15) is 40.0 Å². The third-order valence-electron chi connectivity index (χ3n) is 6.17. The van der Waals surface area contributed by atoms with Gasteiger partial charge in [-0.2, -0.15) is 0 Å². The van der Waals surface area contributed by atoms with Crippen LogP contribution in [-0.2, 0) is 17.7 Å². The molecule has 0 saturated heterocycles. The van der Waals surface area contributed by atoms with Crippen molar-refractivity contribution in [2.75, 3.05) is 26.8 Å². The summed E-state index contributed by atoms with van der Waals surface area (Å²) in [6.45, 7) is 5.07. The molecule has 0 saturated carbocycles. The predicted octanol–water partition coefficient (Wildman–Crippen LogP) is 4.21. The Morgan fingerprint density at radius 2 is 1.79 bits per heavy atom. The van der Waals surface area contributed by atoms with Crippen molar-refractivity contribution >= 4 is 5.91 Å². The molecular formula is C28H32N2O3. The molecule has 0 heterocycles. The van der Waals surface area contributed by atoms with E-state index in [-0.39, 0.29) is 5.91 Å². The van der Waals surface area contributed by atoms with Crippen LogP contribution < -0.4 is 5.32 Å². The van der Waals surface area contributed by atoms with Gasteiger partial charge < -0.3 is 15.2 Å². The molecule has 172 valence electrons. The van der Waals surface area contributed by atoms with Gasteiger partial charge in [0.25, 0.3) is 5.91 Å². The van der Waals surface area contributed by atoms with Crippen molar-refractivity contribution in [3.63, 3.8) is 0 Å². The minimum atomic E-state index is -0.626. The lowest BCUT2D eigenvalue weighted by Crippen LogP contribution is -2.34. The lowest BCUT2D eigenvalue weighted by atomic mass is 10.0. The highest BCUT2D eigenvalue weighted by Gasteiger charge is 2.32. The zero-order valence-electron chi connectivity index (χ0n) is 19.3. The van der Waals surface area contributed by atoms with Crippen molar-refractivity contribution in [3.8, 4) is 11.1 Å². The monoisotopic (exact) mass is 444 g/mol. The van der Waals surface area contributed by atoms with E-state index in [1.165, 1.54) is 0 Å². The highest BCUT2D eigenvalue weighted by molar-refractivity contribution is 5.95. The van der Waals surface area contributed by atoms with Crippen LogP contribution in [0.3, 0.4) is 0 Å². The predicted molar refractivity (Wildman–Crippen MR) is 131 cm³/mol. The Hall–Kier alpha value is -2.99. The zero-order chi connectivity index (χ0) is 23.2. The van der Waals surface area contributed by atoms with Gasteiger partial charge in [-0.15, -0.1) is 0 Å². The molecule has 0 aliphatic heterocycles. The van der Waals surface area contributed by atoms with Crippen molar-refractivity contribution in [2.45, 2.75) is 32.0 Å². The zero-order valence-corrected chi connectivity index (χ0v) is 19.3. The van der Waals surface area contributed by atoms with Gasteiger partial charge in [0.2, 0.25) is 0 Å². The molecule has 2 atom stereocenters. The van der Waals surface area contributed by atoms with E-state index < -0.39 is 12.1 Å². The van der Waals surface area contributed by atoms with E-state index in [0.29, 0.717) is 18.6 Å². The van der Waals surface area contributed by atoms with E-state index >= 15 is 0 Å². The van der Waals surface area contributed by atoms with Crippen molar-refractivity contribution in [2.24, 2.45) is 0 Å². The molecule has 0 aromatic heterocycles. The van der Waals surface area contributed by atoms with Crippen molar-refractivity contribution in [1.82, 2.24) is 10.2 Å². The maximum atomic E-state index is 13.0. The molecule has 2 unspecified atom stereocenters. The van der Waals surface area contributed by atoms with Gasteiger partial charge in [-0.25, -0.2) is 0 Å². The Kier molecular flexibility index (Phi) is 7.55. The summed E-state index contributed by atoms with van der Waals surface area (Å²) in [5.41, 5.74) is 6.02. The molecule has 1 aliphatic carbocycles. The van der Waals surface area contributed by atoms with E-state index in [0.717, 1.165) is 47.5 Å². The molecule has 0 spiro atoms. The van der Waals surface area contributed by atoms with Gasteiger partial charge in [0.05, 0.1) is 18.8 Å². The van der Waals surface area contributed by atoms with Crippen molar-refractivity contribution in [3.05, 3.63) is 95.1 Å². The minimum absolute atomic E-state index is 0.175. The Morgan fingerprint density at radius 3 is 2.52 bits per heavy atom. The summed E-state index contributed by atoms with van der Waals surface area (Å²) < 4.78 is 5.44. The summed E-state index contributed by atoms with van der Waals surface area (Å²) >= 11 is 0. The van der Waals surface area contributed by atoms with Crippen LogP contribution in [0, 0.1) is 0 Å². The molecule has 5 nitrogen and oxygen atoms in total. The van der Waals surface area contributed by atoms with Gasteiger partial charge in [0.1, 0.15) is 0 Å². The Labute approximate surface area is 196 Å². The quantitative estimate of drug-likeness (QED) is 0.486. The Bertz CT molecular complexity index is 1070. The van der Waals surface area contributed by atoms with E-state index in [4.69, 9.17) is 4.74 Å². The topological polar surface area (TPSA) is 61.8 Å². The molecule has 4 rings (SSSR count). The molecule has 0 fully saturated rings. The number of amides is 1. The van der Waals surface area contributed by atoms with E-state index in [1.54, 1.807) is 0 Å². The second-order valence-corrected chi connectivity index (χ2v) is 8.63. The number of fused-ring (bicyclic) bond motifs is 1. The molecule has 0 radical (unpaired) electrons. The molecule has 5 heteroatoms. The molecule has 0 bridgehead atoms. The SMILES string of the molecule is CCOCCN(C)Cc1ccc2c(c1)C(NC(=O)c1ccc(-c3ccccc3)cc1)C(O)C2. The van der Waals surface area contributed by atoms with E-state index in [2.05, 4.69) is 35.5 Å². The lowest BCUT2D eigenvalue weighted by molar-refractivity contribution is 0.0858. The van der Waals surface area contributed by atoms with Gasteiger partial charge in [0.15, 0.2) is 0 Å². The summed E-state index contributed by atoms with van der Waals surface area (Å²) in [7, 11) is 2.07. The fourth-order valence-corrected chi connectivity index (χ4v) is 4.37. The number of aliphatic hydroxyl groups is 1. The number of benzene rings is 3. The van der Waals surface area contributed by atoms with Crippen molar-refractivity contribution < 1.29 is 14.6 Å². The van der Waals surface area contributed by atoms with Gasteiger partial charge in [-0.3, -0.25) is 9.69 Å². The van der Waals surface area contributed by atoms with Crippen LogP contribution in [0.15, 0.2) is 72.8 Å². The summed E-state index contributed by atoms with van der Waals surface area (Å²) in [4.78, 5) is 15.2. The fraction of sp³-hybridized carbons (Fsp3) is 0.321. The van der Waals surface area contributed by atoms with Crippen LogP contribution in [-0.4, -0.2) is 48.8 Å². The Balaban J connectivity index is 1.44. The molecule has 1 amide bonds. The van der Waals surface area contributed by atoms with Crippen LogP contribution in [0.4, 0.5) is 0 Å². The number of nitrogens with one attached hydrogen (secondary N) is 1. The highest BCUT2D eigenvalue weighted by atomic mass is 16.5. The maximum Gasteiger partial charge on any atom is 0.251 e. The minimum Gasteiger partial charge on any atom is -0.390 e. The summed E-state index contributed by atoms with van der Waals surface area (Å²) in [5, 5.41) is 13.7. The average Bonchev–Trinajstić information content (AvgIpc) is 3.14. The first kappa shape index (κ1) is 23.2. The molecule has 33 heavy (non-hydrogen) atoms. The number of carbonyl (C=O) groups is 1. The number of nitrogens with zero attached hydrogens (tertiary/aromatic N) is 1. The average molecular weight is 445 g/mol. The van der Waals surface area contributed by atoms with Crippen LogP contribution >= 0.6 is 0 Å². The Morgan fingerprint density at radius 1 is 1.06 bits per heavy atom. The summed E-state index contributed by atoms with van der Waals surface area (Å²) in [6.07, 6.45) is -0.0771. The third kappa shape index (κ3) is 5.69. The van der Waals surface area contributed by atoms with E-state index in [1.807, 2.05) is 61.5 Å². The number of hydrogen-bond acceptors (Lipinski definition) is 4. The second kappa shape index (κ2) is 10.8. The molecule has 2 N–H and O–H groups in total. The number of carbonyl (C=O) groups excluding carboxylic acids is 1. The van der Waals surface area contributed by atoms with Crippen molar-refractivity contribution in [1.29, 1.82) is 0 Å². The second-order valence-electron chi connectivity index (χ2n) is 8.63. The number of rotatable bonds is 9. The number of likely N-dealkylation sites (N-methyl/N-ethyl adjacent to an activating group) is 1. The molecular weight excluding hydrogens is 412 g/mol. The smallest absolute Gasteiger partial charge is 0.251 e. The van der Waals surface area contributed by atoms with Gasteiger partial charge in [0, 0.05) is 31.7 Å². The number of ether oxygens (including phenoxy) is 1. The standard InChI is InChI=1S/C28H32N2O3/c1-3-33-16-15-30(2)19-20-9-10-24-18-26(31)27(25(24)17-20)29-28(32)23-13-11-22(12-14-23)21-7-5-4-6-8-21/h4-14,17,26-27,31H,3,15-16,18-19H2,1-2H3,(H,29,32). The van der Waals surface area contributed by atoms with Gasteiger partial charge >= 0.3 is 0 Å². The highest BCUT2D eigenvalue weighted by Crippen LogP contribution is 2.33. The normalized spacial score (nSPS) is 17.2. The number of hydrogen-bond donors (Lipinski definition) is 2. The molecule has 3 aromatic rings. The number of aliphatic hydroxyl groups excluding tert-OH is 1. The van der Waals surface area contributed by atoms with E-state index in [9.17, 15) is 9.90 Å². The van der Waals surface area contributed by atoms with Gasteiger partial charge in [-0.05, 0) is 53.9 Å². The first-order valence-electron chi connectivity index (χ1n) is 11.6.